The van der Waals surface area contributed by atoms with E-state index in [0.29, 0.717) is 0 Å². The Bertz CT molecular complexity index is 294. The molecule has 2 rings (SSSR count). The third kappa shape index (κ3) is 1.10. The summed E-state index contributed by atoms with van der Waals surface area (Å²) in [6.45, 7) is 2.12. The first-order valence-electron chi connectivity index (χ1n) is 4.18. The topological polar surface area (TPSA) is 46.0 Å². The monoisotopic (exact) mass is 164 g/mol. The van der Waals surface area contributed by atoms with Gasteiger partial charge < -0.3 is 5.11 Å². The van der Waals surface area contributed by atoms with Crippen molar-refractivity contribution in [1.82, 2.24) is 9.97 Å². The predicted molar refractivity (Wildman–Crippen MR) is 44.8 cm³/mol. The van der Waals surface area contributed by atoms with Crippen LogP contribution in [-0.2, 0) is 5.41 Å². The number of nitrogens with zero attached hydrogens (tertiary/aromatic N) is 2. The highest BCUT2D eigenvalue weighted by Crippen LogP contribution is 2.45. The number of aliphatic hydroxyl groups excluding tert-OH is 1. The van der Waals surface area contributed by atoms with Crippen LogP contribution in [0.1, 0.15) is 24.4 Å². The summed E-state index contributed by atoms with van der Waals surface area (Å²) < 4.78 is 0. The lowest BCUT2D eigenvalue weighted by atomic mass is 10.1. The summed E-state index contributed by atoms with van der Waals surface area (Å²) in [6.07, 6.45) is 3.80. The Morgan fingerprint density at radius 3 is 2.83 bits per heavy atom. The lowest BCUT2D eigenvalue weighted by Gasteiger charge is -2.09. The molecule has 0 aliphatic heterocycles. The van der Waals surface area contributed by atoms with E-state index < -0.39 is 0 Å². The number of aromatic nitrogens is 2. The molecule has 3 nitrogen and oxygen atoms in total. The average Bonchev–Trinajstić information content (AvgIpc) is 2.84. The van der Waals surface area contributed by atoms with Gasteiger partial charge in [-0.3, -0.25) is 0 Å². The second-order valence-electron chi connectivity index (χ2n) is 3.46. The molecule has 1 aromatic rings. The van der Waals surface area contributed by atoms with E-state index in [0.717, 1.165) is 24.4 Å². The molecule has 0 amide bonds. The smallest absolute Gasteiger partial charge is 0.136 e. The van der Waals surface area contributed by atoms with Crippen LogP contribution < -0.4 is 0 Å². The maximum absolute atomic E-state index is 9.12. The minimum absolute atomic E-state index is 0.0913. The Morgan fingerprint density at radius 1 is 1.58 bits per heavy atom. The highest BCUT2D eigenvalue weighted by atomic mass is 16.3. The molecular formula is C9H12N2O. The van der Waals surface area contributed by atoms with Crippen molar-refractivity contribution < 1.29 is 5.11 Å². The Balaban J connectivity index is 2.34. The molecule has 1 aromatic heterocycles. The first kappa shape index (κ1) is 7.68. The van der Waals surface area contributed by atoms with Crippen molar-refractivity contribution in [2.45, 2.75) is 25.2 Å². The second kappa shape index (κ2) is 2.52. The van der Waals surface area contributed by atoms with Crippen LogP contribution in [-0.4, -0.2) is 21.7 Å². The molecule has 0 spiro atoms. The van der Waals surface area contributed by atoms with Crippen LogP contribution in [0.5, 0.6) is 0 Å². The van der Waals surface area contributed by atoms with Gasteiger partial charge in [-0.1, -0.05) is 0 Å². The molecule has 1 aliphatic rings. The van der Waals surface area contributed by atoms with Gasteiger partial charge in [-0.25, -0.2) is 9.97 Å². The van der Waals surface area contributed by atoms with Crippen molar-refractivity contribution in [2.75, 3.05) is 6.61 Å². The molecule has 0 bridgehead atoms. The average molecular weight is 164 g/mol. The van der Waals surface area contributed by atoms with E-state index in [1.54, 1.807) is 6.20 Å². The number of aryl methyl sites for hydroxylation is 1. The molecule has 1 N–H and O–H groups in total. The van der Waals surface area contributed by atoms with Crippen LogP contribution in [0.25, 0.3) is 0 Å². The zero-order valence-electron chi connectivity index (χ0n) is 7.12. The van der Waals surface area contributed by atoms with Crippen LogP contribution in [0.15, 0.2) is 12.3 Å². The van der Waals surface area contributed by atoms with Gasteiger partial charge >= 0.3 is 0 Å². The second-order valence-corrected chi connectivity index (χ2v) is 3.46. The van der Waals surface area contributed by atoms with Gasteiger partial charge in [-0.2, -0.15) is 0 Å². The van der Waals surface area contributed by atoms with E-state index in [-0.39, 0.29) is 12.0 Å². The minimum Gasteiger partial charge on any atom is -0.395 e. The van der Waals surface area contributed by atoms with Crippen LogP contribution in [0.4, 0.5) is 0 Å². The highest BCUT2D eigenvalue weighted by Gasteiger charge is 2.46. The van der Waals surface area contributed by atoms with E-state index in [4.69, 9.17) is 5.11 Å². The standard InChI is InChI=1S/C9H12N2O/c1-7-2-5-10-8(11-7)9(6-12)3-4-9/h2,5,12H,3-4,6H2,1H3. The van der Waals surface area contributed by atoms with Gasteiger partial charge in [-0.15, -0.1) is 0 Å². The molecule has 1 saturated carbocycles. The molecule has 0 aromatic carbocycles. The molecule has 0 radical (unpaired) electrons. The zero-order valence-corrected chi connectivity index (χ0v) is 7.12. The van der Waals surface area contributed by atoms with Gasteiger partial charge in [0.15, 0.2) is 0 Å². The SMILES string of the molecule is Cc1ccnc(C2(CO)CC2)n1. The van der Waals surface area contributed by atoms with E-state index in [1.165, 1.54) is 0 Å². The summed E-state index contributed by atoms with van der Waals surface area (Å²) in [5, 5.41) is 9.12. The lowest BCUT2D eigenvalue weighted by molar-refractivity contribution is 0.249. The molecule has 0 unspecified atom stereocenters. The molecule has 0 atom stereocenters. The Hall–Kier alpha value is -0.960. The Kier molecular flexibility index (Phi) is 1.61. The summed E-state index contributed by atoms with van der Waals surface area (Å²) in [4.78, 5) is 8.48. The normalized spacial score (nSPS) is 19.2. The van der Waals surface area contributed by atoms with Crippen LogP contribution in [0.3, 0.4) is 0 Å². The molecular weight excluding hydrogens is 152 g/mol. The third-order valence-electron chi connectivity index (χ3n) is 2.43. The van der Waals surface area contributed by atoms with Crippen molar-refractivity contribution in [3.8, 4) is 0 Å². The van der Waals surface area contributed by atoms with Crippen LogP contribution >= 0.6 is 0 Å². The fourth-order valence-electron chi connectivity index (χ4n) is 1.31. The van der Waals surface area contributed by atoms with Gasteiger partial charge in [0.2, 0.25) is 0 Å². The predicted octanol–water partition coefficient (Wildman–Crippen LogP) is 0.809. The number of aliphatic hydroxyl groups is 1. The molecule has 1 aliphatic carbocycles. The molecule has 1 fully saturated rings. The summed E-state index contributed by atoms with van der Waals surface area (Å²) in [6, 6.07) is 1.87. The fraction of sp³-hybridized carbons (Fsp3) is 0.556. The van der Waals surface area contributed by atoms with Gasteiger partial charge in [0, 0.05) is 11.9 Å². The maximum atomic E-state index is 9.12. The highest BCUT2D eigenvalue weighted by molar-refractivity contribution is 5.19. The van der Waals surface area contributed by atoms with E-state index >= 15 is 0 Å². The molecule has 0 saturated heterocycles. The summed E-state index contributed by atoms with van der Waals surface area (Å²) in [7, 11) is 0. The van der Waals surface area contributed by atoms with Crippen molar-refractivity contribution >= 4 is 0 Å². The summed E-state index contributed by atoms with van der Waals surface area (Å²) >= 11 is 0. The van der Waals surface area contributed by atoms with Crippen LogP contribution in [0.2, 0.25) is 0 Å². The van der Waals surface area contributed by atoms with Crippen molar-refractivity contribution in [3.63, 3.8) is 0 Å². The van der Waals surface area contributed by atoms with Crippen LogP contribution in [0, 0.1) is 6.92 Å². The van der Waals surface area contributed by atoms with Gasteiger partial charge in [0.1, 0.15) is 5.82 Å². The summed E-state index contributed by atoms with van der Waals surface area (Å²) in [5.41, 5.74) is 0.881. The first-order chi connectivity index (χ1) is 5.77. The zero-order chi connectivity index (χ0) is 8.60. The van der Waals surface area contributed by atoms with E-state index in [1.807, 2.05) is 13.0 Å². The largest absolute Gasteiger partial charge is 0.395 e. The molecule has 64 valence electrons. The van der Waals surface area contributed by atoms with Crippen molar-refractivity contribution in [3.05, 3.63) is 23.8 Å². The quantitative estimate of drug-likeness (QED) is 0.703. The Labute approximate surface area is 71.5 Å². The lowest BCUT2D eigenvalue weighted by Crippen LogP contribution is -2.16. The van der Waals surface area contributed by atoms with E-state index in [2.05, 4.69) is 9.97 Å². The van der Waals surface area contributed by atoms with Gasteiger partial charge in [-0.05, 0) is 25.8 Å². The molecule has 1 heterocycles. The van der Waals surface area contributed by atoms with Gasteiger partial charge in [0.05, 0.1) is 12.0 Å². The maximum Gasteiger partial charge on any atom is 0.136 e. The number of hydrogen-bond acceptors (Lipinski definition) is 3. The minimum atomic E-state index is -0.0913. The fourth-order valence-corrected chi connectivity index (χ4v) is 1.31. The van der Waals surface area contributed by atoms with E-state index in [9.17, 15) is 0 Å². The third-order valence-corrected chi connectivity index (χ3v) is 2.43. The first-order valence-corrected chi connectivity index (χ1v) is 4.18. The van der Waals surface area contributed by atoms with Gasteiger partial charge in [0.25, 0.3) is 0 Å². The van der Waals surface area contributed by atoms with Crippen molar-refractivity contribution in [2.24, 2.45) is 0 Å². The molecule has 12 heavy (non-hydrogen) atoms. The number of hydrogen-bond donors (Lipinski definition) is 1. The summed E-state index contributed by atoms with van der Waals surface area (Å²) in [5.74, 6) is 0.810. The number of rotatable bonds is 2. The molecule has 3 heteroatoms. The van der Waals surface area contributed by atoms with Crippen molar-refractivity contribution in [1.29, 1.82) is 0 Å². The Morgan fingerprint density at radius 2 is 2.33 bits per heavy atom.